The van der Waals surface area contributed by atoms with Crippen LogP contribution in [0.4, 0.5) is 13.2 Å². The summed E-state index contributed by atoms with van der Waals surface area (Å²) in [5.74, 6) is -3.57. The van der Waals surface area contributed by atoms with Crippen molar-refractivity contribution in [1.29, 1.82) is 0 Å². The highest BCUT2D eigenvalue weighted by atomic mass is 35.5. The molecule has 0 unspecified atom stereocenters. The number of hydrogen-bond donors (Lipinski definition) is 1. The first-order chi connectivity index (χ1) is 15.8. The zero-order valence-electron chi connectivity index (χ0n) is 17.1. The molecule has 0 spiro atoms. The maximum Gasteiger partial charge on any atom is 0.249 e. The molecule has 1 heterocycles. The molecule has 5 rings (SSSR count). The number of halogens is 4. The number of amides is 1. The van der Waals surface area contributed by atoms with E-state index in [0.29, 0.717) is 44.5 Å². The zero-order chi connectivity index (χ0) is 23.3. The van der Waals surface area contributed by atoms with Gasteiger partial charge in [0, 0.05) is 39.1 Å². The van der Waals surface area contributed by atoms with E-state index < -0.39 is 23.4 Å². The number of carbonyl (C=O) groups is 1. The standard InChI is InChI=1S/C26H16ClF3N2O/c27-16-7-4-14(5-8-16)15-6-9-18-24(10-15)32(13-20-21(29)11-17(28)12-22(20)30)23-3-1-2-19(25(18)23)26(31)33/h1-12H,13H2,(H2,31,33). The van der Waals surface area contributed by atoms with E-state index in [2.05, 4.69) is 0 Å². The van der Waals surface area contributed by atoms with Crippen LogP contribution in [0.25, 0.3) is 32.9 Å². The number of carbonyl (C=O) groups excluding carboxylic acids is 1. The molecule has 2 N–H and O–H groups in total. The number of nitrogens with zero attached hydrogens (tertiary/aromatic N) is 1. The van der Waals surface area contributed by atoms with Gasteiger partial charge in [-0.05, 0) is 41.5 Å². The number of fused-ring (bicyclic) bond motifs is 3. The molecule has 0 saturated carbocycles. The molecule has 3 nitrogen and oxygen atoms in total. The molecule has 0 bridgehead atoms. The van der Waals surface area contributed by atoms with Gasteiger partial charge in [-0.15, -0.1) is 0 Å². The molecule has 0 aliphatic rings. The van der Waals surface area contributed by atoms with Crippen molar-refractivity contribution in [1.82, 2.24) is 4.57 Å². The van der Waals surface area contributed by atoms with Gasteiger partial charge in [0.25, 0.3) is 0 Å². The molecular weight excluding hydrogens is 449 g/mol. The lowest BCUT2D eigenvalue weighted by Crippen LogP contribution is -2.11. The average molecular weight is 465 g/mol. The summed E-state index contributed by atoms with van der Waals surface area (Å²) in [6, 6.07) is 19.2. The summed E-state index contributed by atoms with van der Waals surface area (Å²) in [5, 5.41) is 1.90. The molecule has 5 aromatic rings. The maximum absolute atomic E-state index is 14.5. The summed E-state index contributed by atoms with van der Waals surface area (Å²) < 4.78 is 44.2. The molecule has 4 aromatic carbocycles. The van der Waals surface area contributed by atoms with Gasteiger partial charge in [0.1, 0.15) is 17.5 Å². The largest absolute Gasteiger partial charge is 0.366 e. The molecule has 33 heavy (non-hydrogen) atoms. The van der Waals surface area contributed by atoms with Crippen LogP contribution < -0.4 is 5.73 Å². The molecule has 7 heteroatoms. The monoisotopic (exact) mass is 464 g/mol. The second-order valence-corrected chi connectivity index (χ2v) is 8.17. The Morgan fingerprint density at radius 2 is 1.52 bits per heavy atom. The van der Waals surface area contributed by atoms with E-state index in [-0.39, 0.29) is 12.1 Å². The van der Waals surface area contributed by atoms with E-state index in [1.54, 1.807) is 34.9 Å². The summed E-state index contributed by atoms with van der Waals surface area (Å²) >= 11 is 6.01. The van der Waals surface area contributed by atoms with Gasteiger partial charge in [-0.2, -0.15) is 0 Å². The second kappa shape index (κ2) is 7.98. The Bertz CT molecular complexity index is 1540. The van der Waals surface area contributed by atoms with Gasteiger partial charge < -0.3 is 10.3 Å². The van der Waals surface area contributed by atoms with E-state index in [0.717, 1.165) is 11.1 Å². The topological polar surface area (TPSA) is 48.0 Å². The van der Waals surface area contributed by atoms with Crippen LogP contribution in [-0.4, -0.2) is 10.5 Å². The van der Waals surface area contributed by atoms with Gasteiger partial charge in [-0.1, -0.05) is 41.9 Å². The number of hydrogen-bond acceptors (Lipinski definition) is 1. The highest BCUT2D eigenvalue weighted by molar-refractivity contribution is 6.30. The number of primary amides is 1. The Labute approximate surface area is 191 Å². The fourth-order valence-electron chi connectivity index (χ4n) is 4.22. The van der Waals surface area contributed by atoms with Crippen molar-refractivity contribution in [3.05, 3.63) is 106 Å². The van der Waals surface area contributed by atoms with Crippen molar-refractivity contribution in [2.45, 2.75) is 6.54 Å². The Hall–Kier alpha value is -3.77. The van der Waals surface area contributed by atoms with Crippen LogP contribution in [0.1, 0.15) is 15.9 Å². The van der Waals surface area contributed by atoms with E-state index in [4.69, 9.17) is 17.3 Å². The number of nitrogens with two attached hydrogens (primary N) is 1. The van der Waals surface area contributed by atoms with Crippen LogP contribution in [0.5, 0.6) is 0 Å². The molecule has 0 saturated heterocycles. The molecule has 0 aliphatic carbocycles. The molecular formula is C26H16ClF3N2O. The minimum atomic E-state index is -0.989. The molecule has 1 aromatic heterocycles. The van der Waals surface area contributed by atoms with Crippen LogP contribution in [0.2, 0.25) is 5.02 Å². The van der Waals surface area contributed by atoms with Crippen LogP contribution in [0, 0.1) is 17.5 Å². The predicted octanol–water partition coefficient (Wildman–Crippen LogP) is 6.68. The third-order valence-electron chi connectivity index (χ3n) is 5.76. The first kappa shape index (κ1) is 21.1. The van der Waals surface area contributed by atoms with Crippen molar-refractivity contribution in [2.75, 3.05) is 0 Å². The molecule has 164 valence electrons. The molecule has 1 amide bonds. The van der Waals surface area contributed by atoms with Crippen LogP contribution in [0.3, 0.4) is 0 Å². The second-order valence-electron chi connectivity index (χ2n) is 7.74. The Morgan fingerprint density at radius 3 is 2.18 bits per heavy atom. The quantitative estimate of drug-likeness (QED) is 0.317. The van der Waals surface area contributed by atoms with Crippen LogP contribution in [0.15, 0.2) is 72.8 Å². The number of aromatic nitrogens is 1. The Balaban J connectivity index is 1.81. The SMILES string of the molecule is NC(=O)c1cccc2c1c1ccc(-c3ccc(Cl)cc3)cc1n2Cc1c(F)cc(F)cc1F. The Kier molecular flexibility index (Phi) is 5.10. The highest BCUT2D eigenvalue weighted by Gasteiger charge is 2.20. The minimum Gasteiger partial charge on any atom is -0.366 e. The normalized spacial score (nSPS) is 11.4. The minimum absolute atomic E-state index is 0.204. The van der Waals surface area contributed by atoms with Gasteiger partial charge >= 0.3 is 0 Å². The van der Waals surface area contributed by atoms with E-state index in [9.17, 15) is 18.0 Å². The van der Waals surface area contributed by atoms with Gasteiger partial charge in [-0.25, -0.2) is 13.2 Å². The number of rotatable bonds is 4. The van der Waals surface area contributed by atoms with Crippen LogP contribution in [-0.2, 0) is 6.54 Å². The van der Waals surface area contributed by atoms with Gasteiger partial charge in [0.15, 0.2) is 0 Å². The van der Waals surface area contributed by atoms with Crippen molar-refractivity contribution >= 4 is 39.3 Å². The third-order valence-corrected chi connectivity index (χ3v) is 6.01. The summed E-state index contributed by atoms with van der Waals surface area (Å²) in [7, 11) is 0. The van der Waals surface area contributed by atoms with Gasteiger partial charge in [0.05, 0.1) is 17.6 Å². The molecule has 0 aliphatic heterocycles. The zero-order valence-corrected chi connectivity index (χ0v) is 17.8. The molecule has 0 fully saturated rings. The lowest BCUT2D eigenvalue weighted by molar-refractivity contribution is 0.100. The summed E-state index contributed by atoms with van der Waals surface area (Å²) in [5.41, 5.74) is 8.61. The van der Waals surface area contributed by atoms with E-state index in [1.807, 2.05) is 30.3 Å². The van der Waals surface area contributed by atoms with Gasteiger partial charge in [0.2, 0.25) is 5.91 Å². The summed E-state index contributed by atoms with van der Waals surface area (Å²) in [4.78, 5) is 12.1. The fraction of sp³-hybridized carbons (Fsp3) is 0.0385. The van der Waals surface area contributed by atoms with E-state index >= 15 is 0 Å². The van der Waals surface area contributed by atoms with Crippen molar-refractivity contribution in [3.63, 3.8) is 0 Å². The molecule has 0 atom stereocenters. The van der Waals surface area contributed by atoms with Crippen molar-refractivity contribution in [3.8, 4) is 11.1 Å². The van der Waals surface area contributed by atoms with E-state index in [1.165, 1.54) is 0 Å². The first-order valence-electron chi connectivity index (χ1n) is 10.1. The summed E-state index contributed by atoms with van der Waals surface area (Å²) in [6.45, 7) is -0.204. The van der Waals surface area contributed by atoms with Crippen molar-refractivity contribution < 1.29 is 18.0 Å². The third kappa shape index (κ3) is 3.62. The lowest BCUT2D eigenvalue weighted by Gasteiger charge is -2.11. The fourth-order valence-corrected chi connectivity index (χ4v) is 4.35. The van der Waals surface area contributed by atoms with Gasteiger partial charge in [-0.3, -0.25) is 4.79 Å². The summed E-state index contributed by atoms with van der Waals surface area (Å²) in [6.07, 6.45) is 0. The lowest BCUT2D eigenvalue weighted by atomic mass is 10.0. The smallest absolute Gasteiger partial charge is 0.249 e. The maximum atomic E-state index is 14.5. The van der Waals surface area contributed by atoms with Crippen molar-refractivity contribution in [2.24, 2.45) is 5.73 Å². The molecule has 0 radical (unpaired) electrons. The average Bonchev–Trinajstić information content (AvgIpc) is 3.09. The first-order valence-corrected chi connectivity index (χ1v) is 10.5. The Morgan fingerprint density at radius 1 is 0.848 bits per heavy atom. The predicted molar refractivity (Wildman–Crippen MR) is 124 cm³/mol. The van der Waals surface area contributed by atoms with Crippen LogP contribution >= 0.6 is 11.6 Å². The number of benzene rings is 4. The highest BCUT2D eigenvalue weighted by Crippen LogP contribution is 2.35.